The van der Waals surface area contributed by atoms with Crippen LogP contribution in [0.1, 0.15) is 36.3 Å². The van der Waals surface area contributed by atoms with E-state index in [0.717, 1.165) is 33.4 Å². The maximum atomic E-state index is 6.11. The maximum Gasteiger partial charge on any atom is 0.142 e. The number of hydrogen-bond donors (Lipinski definition) is 0. The molecular formula is C21H20O. The molecule has 3 rings (SSSR count). The molecule has 0 saturated carbocycles. The molecule has 0 radical (unpaired) electrons. The second kappa shape index (κ2) is 5.69. The number of hydrogen-bond acceptors (Lipinski definition) is 1. The fourth-order valence-electron chi connectivity index (χ4n) is 2.69. The van der Waals surface area contributed by atoms with E-state index < -0.39 is 0 Å². The zero-order valence-electron chi connectivity index (χ0n) is 13.3. The molecule has 0 bridgehead atoms. The molecule has 2 aromatic carbocycles. The molecule has 0 spiro atoms. The van der Waals surface area contributed by atoms with E-state index in [9.17, 15) is 0 Å². The average molecular weight is 288 g/mol. The minimum absolute atomic E-state index is 0.855. The Hall–Kier alpha value is -2.54. The smallest absolute Gasteiger partial charge is 0.142 e. The molecule has 0 amide bonds. The van der Waals surface area contributed by atoms with Crippen LogP contribution in [0.15, 0.2) is 65.1 Å². The molecule has 1 heterocycles. The lowest BCUT2D eigenvalue weighted by atomic mass is 9.98. The molecule has 0 aliphatic rings. The Morgan fingerprint density at radius 2 is 1.82 bits per heavy atom. The summed E-state index contributed by atoms with van der Waals surface area (Å²) in [5.41, 5.74) is 6.50. The summed E-state index contributed by atoms with van der Waals surface area (Å²) >= 11 is 0. The Morgan fingerprint density at radius 3 is 2.55 bits per heavy atom. The quantitative estimate of drug-likeness (QED) is 0.557. The summed E-state index contributed by atoms with van der Waals surface area (Å²) in [6.45, 7) is 10.6. The van der Waals surface area contributed by atoms with E-state index in [1.165, 1.54) is 11.1 Å². The summed E-state index contributed by atoms with van der Waals surface area (Å²) in [4.78, 5) is 0. The zero-order chi connectivity index (χ0) is 15.7. The summed E-state index contributed by atoms with van der Waals surface area (Å²) in [6.07, 6.45) is 2.17. The lowest BCUT2D eigenvalue weighted by Gasteiger charge is -2.06. The van der Waals surface area contributed by atoms with Crippen LogP contribution in [0.2, 0.25) is 0 Å². The number of para-hydroxylation sites is 1. The van der Waals surface area contributed by atoms with Crippen LogP contribution >= 0.6 is 0 Å². The van der Waals surface area contributed by atoms with Crippen molar-refractivity contribution in [1.29, 1.82) is 0 Å². The Kier molecular flexibility index (Phi) is 3.72. The van der Waals surface area contributed by atoms with Gasteiger partial charge in [0.05, 0.1) is 0 Å². The van der Waals surface area contributed by atoms with Crippen LogP contribution in [0.3, 0.4) is 0 Å². The monoisotopic (exact) mass is 288 g/mol. The molecule has 22 heavy (non-hydrogen) atoms. The summed E-state index contributed by atoms with van der Waals surface area (Å²) in [6, 6.07) is 16.5. The number of furan rings is 1. The van der Waals surface area contributed by atoms with E-state index >= 15 is 0 Å². The molecule has 0 fully saturated rings. The van der Waals surface area contributed by atoms with Crippen molar-refractivity contribution >= 4 is 22.6 Å². The van der Waals surface area contributed by atoms with Crippen LogP contribution in [0.25, 0.3) is 22.6 Å². The standard InChI is InChI=1S/C21H20O/c1-14(2)12-19-18-10-5-6-11-20(18)22-21(19)16(4)17-9-7-8-15(3)13-17/h5-13H,4H2,1-3H3. The molecule has 1 aromatic heterocycles. The first kappa shape index (κ1) is 14.4. The van der Waals surface area contributed by atoms with E-state index in [2.05, 4.69) is 63.8 Å². The van der Waals surface area contributed by atoms with E-state index in [1.54, 1.807) is 0 Å². The summed E-state index contributed by atoms with van der Waals surface area (Å²) in [5, 5.41) is 1.13. The zero-order valence-corrected chi connectivity index (χ0v) is 13.3. The van der Waals surface area contributed by atoms with Crippen LogP contribution in [-0.2, 0) is 0 Å². The highest BCUT2D eigenvalue weighted by atomic mass is 16.3. The number of rotatable bonds is 3. The van der Waals surface area contributed by atoms with Gasteiger partial charge in [-0.3, -0.25) is 0 Å². The van der Waals surface area contributed by atoms with Crippen molar-refractivity contribution in [1.82, 2.24) is 0 Å². The molecule has 110 valence electrons. The second-order valence-corrected chi connectivity index (χ2v) is 5.91. The van der Waals surface area contributed by atoms with Crippen LogP contribution in [-0.4, -0.2) is 0 Å². The van der Waals surface area contributed by atoms with Gasteiger partial charge in [0.15, 0.2) is 0 Å². The van der Waals surface area contributed by atoms with Crippen LogP contribution in [0.5, 0.6) is 0 Å². The van der Waals surface area contributed by atoms with Crippen molar-refractivity contribution in [2.75, 3.05) is 0 Å². The minimum atomic E-state index is 0.855. The summed E-state index contributed by atoms with van der Waals surface area (Å²) in [7, 11) is 0. The topological polar surface area (TPSA) is 13.1 Å². The van der Waals surface area contributed by atoms with E-state index in [1.807, 2.05) is 18.2 Å². The van der Waals surface area contributed by atoms with Crippen LogP contribution in [0.4, 0.5) is 0 Å². The molecule has 0 N–H and O–H groups in total. The van der Waals surface area contributed by atoms with Crippen molar-refractivity contribution in [2.45, 2.75) is 20.8 Å². The molecule has 1 heteroatoms. The third-order valence-electron chi connectivity index (χ3n) is 3.71. The summed E-state index contributed by atoms with van der Waals surface area (Å²) < 4.78 is 6.11. The number of fused-ring (bicyclic) bond motifs is 1. The lowest BCUT2D eigenvalue weighted by molar-refractivity contribution is 0.600. The van der Waals surface area contributed by atoms with Gasteiger partial charge in [-0.2, -0.15) is 0 Å². The van der Waals surface area contributed by atoms with Gasteiger partial charge in [0.2, 0.25) is 0 Å². The first-order chi connectivity index (χ1) is 10.6. The normalized spacial score (nSPS) is 10.7. The molecule has 1 nitrogen and oxygen atoms in total. The lowest BCUT2D eigenvalue weighted by Crippen LogP contribution is -1.88. The average Bonchev–Trinajstić information content (AvgIpc) is 2.85. The van der Waals surface area contributed by atoms with Gasteiger partial charge in [-0.05, 0) is 32.4 Å². The Morgan fingerprint density at radius 1 is 1.05 bits per heavy atom. The van der Waals surface area contributed by atoms with Gasteiger partial charge in [0.1, 0.15) is 11.3 Å². The van der Waals surface area contributed by atoms with Gasteiger partial charge in [0, 0.05) is 16.5 Å². The second-order valence-electron chi connectivity index (χ2n) is 5.91. The maximum absolute atomic E-state index is 6.11. The molecule has 0 saturated heterocycles. The largest absolute Gasteiger partial charge is 0.455 e. The Labute approximate surface area is 131 Å². The van der Waals surface area contributed by atoms with Gasteiger partial charge < -0.3 is 4.42 Å². The highest BCUT2D eigenvalue weighted by molar-refractivity contribution is 5.95. The van der Waals surface area contributed by atoms with Gasteiger partial charge in [-0.15, -0.1) is 0 Å². The number of aryl methyl sites for hydroxylation is 1. The molecule has 0 unspecified atom stereocenters. The first-order valence-electron chi connectivity index (χ1n) is 7.49. The van der Waals surface area contributed by atoms with Crippen molar-refractivity contribution < 1.29 is 4.42 Å². The Bertz CT molecular complexity index is 874. The molecule has 0 aliphatic heterocycles. The van der Waals surface area contributed by atoms with E-state index in [4.69, 9.17) is 4.42 Å². The minimum Gasteiger partial charge on any atom is -0.455 e. The van der Waals surface area contributed by atoms with Crippen LogP contribution < -0.4 is 0 Å². The van der Waals surface area contributed by atoms with Gasteiger partial charge in [-0.1, -0.05) is 66.3 Å². The van der Waals surface area contributed by atoms with Crippen molar-refractivity contribution in [3.8, 4) is 0 Å². The molecular weight excluding hydrogens is 268 g/mol. The predicted octanol–water partition coefficient (Wildman–Crippen LogP) is 6.23. The molecule has 0 aliphatic carbocycles. The highest BCUT2D eigenvalue weighted by Crippen LogP contribution is 2.34. The first-order valence-corrected chi connectivity index (χ1v) is 7.49. The number of benzene rings is 2. The SMILES string of the molecule is C=C(c1cccc(C)c1)c1oc2ccccc2c1C=C(C)C. The van der Waals surface area contributed by atoms with E-state index in [0.29, 0.717) is 0 Å². The fraction of sp³-hybridized carbons (Fsp3) is 0.143. The summed E-state index contributed by atoms with van der Waals surface area (Å²) in [5.74, 6) is 0.855. The number of allylic oxidation sites excluding steroid dienone is 1. The third-order valence-corrected chi connectivity index (χ3v) is 3.71. The van der Waals surface area contributed by atoms with Gasteiger partial charge in [-0.25, -0.2) is 0 Å². The Balaban J connectivity index is 2.22. The van der Waals surface area contributed by atoms with Gasteiger partial charge in [0.25, 0.3) is 0 Å². The van der Waals surface area contributed by atoms with Crippen LogP contribution in [0, 0.1) is 6.92 Å². The fourth-order valence-corrected chi connectivity index (χ4v) is 2.69. The third kappa shape index (κ3) is 2.62. The predicted molar refractivity (Wildman–Crippen MR) is 94.9 cm³/mol. The van der Waals surface area contributed by atoms with Gasteiger partial charge >= 0.3 is 0 Å². The van der Waals surface area contributed by atoms with Crippen molar-refractivity contribution in [3.05, 3.63) is 83.1 Å². The van der Waals surface area contributed by atoms with Crippen molar-refractivity contribution in [2.24, 2.45) is 0 Å². The van der Waals surface area contributed by atoms with Crippen molar-refractivity contribution in [3.63, 3.8) is 0 Å². The highest BCUT2D eigenvalue weighted by Gasteiger charge is 2.16. The molecule has 0 atom stereocenters. The van der Waals surface area contributed by atoms with E-state index in [-0.39, 0.29) is 0 Å². The molecule has 3 aromatic rings.